The predicted octanol–water partition coefficient (Wildman–Crippen LogP) is 2.30. The first-order valence-electron chi connectivity index (χ1n) is 5.33. The predicted molar refractivity (Wildman–Crippen MR) is 66.2 cm³/mol. The highest BCUT2D eigenvalue weighted by atomic mass is 35.5. The molecule has 4 nitrogen and oxygen atoms in total. The Hall–Kier alpha value is -1.26. The lowest BCUT2D eigenvalue weighted by atomic mass is 10.0. The average Bonchev–Trinajstić information content (AvgIpc) is 2.28. The van der Waals surface area contributed by atoms with Crippen molar-refractivity contribution < 1.29 is 14.3 Å². The Labute approximate surface area is 106 Å². The van der Waals surface area contributed by atoms with E-state index in [0.29, 0.717) is 22.9 Å². The van der Waals surface area contributed by atoms with Gasteiger partial charge in [0.2, 0.25) is 0 Å². The molecular weight excluding hydrogens is 242 g/mol. The van der Waals surface area contributed by atoms with Crippen LogP contribution in [0.3, 0.4) is 0 Å². The van der Waals surface area contributed by atoms with Crippen molar-refractivity contribution in [1.29, 1.82) is 0 Å². The SMILES string of the molecule is CCOC(=O)C[C@H](N)c1c(Cl)cccc1OC. The third-order valence-corrected chi connectivity index (χ3v) is 2.63. The molecule has 0 aliphatic rings. The molecule has 0 bridgehead atoms. The molecule has 0 radical (unpaired) electrons. The number of hydrogen-bond donors (Lipinski definition) is 1. The second-order valence-electron chi connectivity index (χ2n) is 3.47. The van der Waals surface area contributed by atoms with Gasteiger partial charge >= 0.3 is 5.97 Å². The minimum Gasteiger partial charge on any atom is -0.496 e. The van der Waals surface area contributed by atoms with Crippen LogP contribution in [0, 0.1) is 0 Å². The summed E-state index contributed by atoms with van der Waals surface area (Å²) < 4.78 is 10.0. The summed E-state index contributed by atoms with van der Waals surface area (Å²) in [5, 5.41) is 0.487. The standard InChI is InChI=1S/C12H16ClNO3/c1-3-17-11(15)7-9(14)12-8(13)5-4-6-10(12)16-2/h4-6,9H,3,7,14H2,1-2H3/t9-/m0/s1. The molecule has 1 aromatic carbocycles. The number of methoxy groups -OCH3 is 1. The number of benzene rings is 1. The van der Waals surface area contributed by atoms with E-state index in [1.165, 1.54) is 7.11 Å². The number of ether oxygens (including phenoxy) is 2. The van der Waals surface area contributed by atoms with Gasteiger partial charge in [0.05, 0.1) is 20.1 Å². The molecule has 2 N–H and O–H groups in total. The maximum atomic E-state index is 11.4. The zero-order valence-electron chi connectivity index (χ0n) is 9.90. The average molecular weight is 258 g/mol. The van der Waals surface area contributed by atoms with Crippen LogP contribution in [0.2, 0.25) is 5.02 Å². The van der Waals surface area contributed by atoms with E-state index < -0.39 is 6.04 Å². The summed E-state index contributed by atoms with van der Waals surface area (Å²) in [7, 11) is 1.53. The van der Waals surface area contributed by atoms with Gasteiger partial charge in [-0.15, -0.1) is 0 Å². The van der Waals surface area contributed by atoms with E-state index in [9.17, 15) is 4.79 Å². The van der Waals surface area contributed by atoms with Gasteiger partial charge < -0.3 is 15.2 Å². The maximum Gasteiger partial charge on any atom is 0.307 e. The first-order chi connectivity index (χ1) is 8.10. The van der Waals surface area contributed by atoms with Gasteiger partial charge in [-0.3, -0.25) is 4.79 Å². The Morgan fingerprint density at radius 2 is 2.24 bits per heavy atom. The van der Waals surface area contributed by atoms with E-state index in [0.717, 1.165) is 0 Å². The van der Waals surface area contributed by atoms with Gasteiger partial charge in [0, 0.05) is 16.6 Å². The van der Waals surface area contributed by atoms with Gasteiger partial charge in [0.25, 0.3) is 0 Å². The fourth-order valence-corrected chi connectivity index (χ4v) is 1.86. The van der Waals surface area contributed by atoms with E-state index in [1.54, 1.807) is 25.1 Å². The maximum absolute atomic E-state index is 11.4. The Bertz CT molecular complexity index is 395. The molecule has 0 heterocycles. The molecule has 5 heteroatoms. The van der Waals surface area contributed by atoms with Gasteiger partial charge in [-0.25, -0.2) is 0 Å². The first kappa shape index (κ1) is 13.8. The number of esters is 1. The van der Waals surface area contributed by atoms with Gasteiger partial charge in [-0.05, 0) is 19.1 Å². The molecule has 0 spiro atoms. The molecule has 1 atom stereocenters. The van der Waals surface area contributed by atoms with Crippen molar-refractivity contribution in [2.75, 3.05) is 13.7 Å². The minimum atomic E-state index is -0.530. The highest BCUT2D eigenvalue weighted by molar-refractivity contribution is 6.31. The van der Waals surface area contributed by atoms with E-state index in [4.69, 9.17) is 26.8 Å². The third-order valence-electron chi connectivity index (χ3n) is 2.30. The number of halogens is 1. The molecule has 0 unspecified atom stereocenters. The van der Waals surface area contributed by atoms with Crippen molar-refractivity contribution >= 4 is 17.6 Å². The Morgan fingerprint density at radius 1 is 1.53 bits per heavy atom. The molecular formula is C12H16ClNO3. The van der Waals surface area contributed by atoms with Crippen LogP contribution in [0.15, 0.2) is 18.2 Å². The van der Waals surface area contributed by atoms with Gasteiger partial charge in [-0.1, -0.05) is 17.7 Å². The van der Waals surface area contributed by atoms with E-state index in [1.807, 2.05) is 0 Å². The summed E-state index contributed by atoms with van der Waals surface area (Å²) in [5.74, 6) is 0.233. The number of rotatable bonds is 5. The summed E-state index contributed by atoms with van der Waals surface area (Å²) in [4.78, 5) is 11.4. The zero-order valence-corrected chi connectivity index (χ0v) is 10.7. The summed E-state index contributed by atoms with van der Waals surface area (Å²) in [6.45, 7) is 2.09. The van der Waals surface area contributed by atoms with Crippen molar-refractivity contribution in [3.63, 3.8) is 0 Å². The fourth-order valence-electron chi connectivity index (χ4n) is 1.56. The molecule has 0 fully saturated rings. The molecule has 0 saturated heterocycles. The van der Waals surface area contributed by atoms with Crippen molar-refractivity contribution in [3.05, 3.63) is 28.8 Å². The summed E-state index contributed by atoms with van der Waals surface area (Å²) in [6.07, 6.45) is 0.0773. The van der Waals surface area contributed by atoms with Crippen molar-refractivity contribution in [2.24, 2.45) is 5.73 Å². The van der Waals surface area contributed by atoms with E-state index in [-0.39, 0.29) is 12.4 Å². The largest absolute Gasteiger partial charge is 0.496 e. The lowest BCUT2D eigenvalue weighted by Crippen LogP contribution is -2.18. The number of carbonyl (C=O) groups excluding carboxylic acids is 1. The third kappa shape index (κ3) is 3.61. The smallest absolute Gasteiger partial charge is 0.307 e. The first-order valence-corrected chi connectivity index (χ1v) is 5.71. The Kier molecular flexibility index (Phi) is 5.25. The summed E-state index contributed by atoms with van der Waals surface area (Å²) in [5.41, 5.74) is 6.57. The molecule has 17 heavy (non-hydrogen) atoms. The monoisotopic (exact) mass is 257 g/mol. The lowest BCUT2D eigenvalue weighted by Gasteiger charge is -2.16. The second kappa shape index (κ2) is 6.47. The summed E-state index contributed by atoms with van der Waals surface area (Å²) in [6, 6.07) is 4.70. The zero-order chi connectivity index (χ0) is 12.8. The van der Waals surface area contributed by atoms with Crippen molar-refractivity contribution in [1.82, 2.24) is 0 Å². The number of carbonyl (C=O) groups is 1. The molecule has 1 rings (SSSR count). The normalized spacial score (nSPS) is 12.0. The van der Waals surface area contributed by atoms with Gasteiger partial charge in [0.1, 0.15) is 5.75 Å². The topological polar surface area (TPSA) is 61.5 Å². The van der Waals surface area contributed by atoms with Crippen molar-refractivity contribution in [3.8, 4) is 5.75 Å². The second-order valence-corrected chi connectivity index (χ2v) is 3.88. The molecule has 0 aliphatic heterocycles. The highest BCUT2D eigenvalue weighted by Gasteiger charge is 2.19. The van der Waals surface area contributed by atoms with Crippen LogP contribution in [0.25, 0.3) is 0 Å². The molecule has 0 aliphatic carbocycles. The molecule has 0 aromatic heterocycles. The number of hydrogen-bond acceptors (Lipinski definition) is 4. The molecule has 1 aromatic rings. The Morgan fingerprint density at radius 3 is 2.82 bits per heavy atom. The Balaban J connectivity index is 2.87. The quantitative estimate of drug-likeness (QED) is 0.823. The van der Waals surface area contributed by atoms with E-state index >= 15 is 0 Å². The van der Waals surface area contributed by atoms with E-state index in [2.05, 4.69) is 0 Å². The minimum absolute atomic E-state index is 0.0773. The van der Waals surface area contributed by atoms with Gasteiger partial charge in [0.15, 0.2) is 0 Å². The molecule has 0 amide bonds. The molecule has 94 valence electrons. The van der Waals surface area contributed by atoms with Crippen LogP contribution >= 0.6 is 11.6 Å². The van der Waals surface area contributed by atoms with Crippen LogP contribution < -0.4 is 10.5 Å². The fraction of sp³-hybridized carbons (Fsp3) is 0.417. The van der Waals surface area contributed by atoms with Crippen LogP contribution in [-0.2, 0) is 9.53 Å². The van der Waals surface area contributed by atoms with Crippen molar-refractivity contribution in [2.45, 2.75) is 19.4 Å². The highest BCUT2D eigenvalue weighted by Crippen LogP contribution is 2.32. The van der Waals surface area contributed by atoms with Crippen LogP contribution in [0.4, 0.5) is 0 Å². The van der Waals surface area contributed by atoms with Crippen LogP contribution in [-0.4, -0.2) is 19.7 Å². The number of nitrogens with two attached hydrogens (primary N) is 1. The lowest BCUT2D eigenvalue weighted by molar-refractivity contribution is -0.143. The summed E-state index contributed by atoms with van der Waals surface area (Å²) >= 11 is 6.05. The molecule has 0 saturated carbocycles. The van der Waals surface area contributed by atoms with Crippen LogP contribution in [0.5, 0.6) is 5.75 Å². The van der Waals surface area contributed by atoms with Gasteiger partial charge in [-0.2, -0.15) is 0 Å². The van der Waals surface area contributed by atoms with Crippen LogP contribution in [0.1, 0.15) is 24.9 Å².